The van der Waals surface area contributed by atoms with Crippen LogP contribution >= 0.6 is 0 Å². The Kier molecular flexibility index (Phi) is 2.78. The predicted molar refractivity (Wildman–Crippen MR) is 110 cm³/mol. The summed E-state index contributed by atoms with van der Waals surface area (Å²) in [6.07, 6.45) is 0. The molecule has 0 fully saturated rings. The van der Waals surface area contributed by atoms with Crippen LogP contribution in [0.25, 0.3) is 38.6 Å². The van der Waals surface area contributed by atoms with Crippen LogP contribution in [0.2, 0.25) is 0 Å². The number of ketones is 1. The number of aromatic nitrogens is 1. The van der Waals surface area contributed by atoms with Crippen LogP contribution in [0.1, 0.15) is 15.9 Å². The first-order valence-electron chi connectivity index (χ1n) is 9.10. The molecule has 4 aromatic carbocycles. The highest BCUT2D eigenvalue weighted by atomic mass is 16.1. The number of benzene rings is 4. The number of rotatable bonds is 1. The van der Waals surface area contributed by atoms with Crippen LogP contribution in [0.15, 0.2) is 91.0 Å². The van der Waals surface area contributed by atoms with Crippen molar-refractivity contribution in [2.75, 3.05) is 0 Å². The highest BCUT2D eigenvalue weighted by Gasteiger charge is 2.30. The standard InChI is InChI=1S/C25H15NO/c27-25-20-11-2-1-8-16(20)19-12-7-15-23(24(19)25)26-21-13-5-3-9-17(21)18-10-4-6-14-22(18)26/h1-15H. The summed E-state index contributed by atoms with van der Waals surface area (Å²) in [5, 5.41) is 2.40. The first-order valence-corrected chi connectivity index (χ1v) is 9.10. The summed E-state index contributed by atoms with van der Waals surface area (Å²) in [6.45, 7) is 0. The number of carbonyl (C=O) groups is 1. The fourth-order valence-electron chi connectivity index (χ4n) is 4.42. The molecule has 0 spiro atoms. The maximum absolute atomic E-state index is 13.3. The molecule has 0 bridgehead atoms. The van der Waals surface area contributed by atoms with Gasteiger partial charge in [0.25, 0.3) is 0 Å². The van der Waals surface area contributed by atoms with Crippen LogP contribution < -0.4 is 0 Å². The van der Waals surface area contributed by atoms with Crippen molar-refractivity contribution >= 4 is 27.6 Å². The Balaban J connectivity index is 1.77. The summed E-state index contributed by atoms with van der Waals surface area (Å²) in [5.74, 6) is 0.109. The third-order valence-electron chi connectivity index (χ3n) is 5.55. The summed E-state index contributed by atoms with van der Waals surface area (Å²) >= 11 is 0. The van der Waals surface area contributed by atoms with Gasteiger partial charge in [0.1, 0.15) is 0 Å². The van der Waals surface area contributed by atoms with Gasteiger partial charge in [0.15, 0.2) is 5.78 Å². The molecule has 2 heteroatoms. The monoisotopic (exact) mass is 345 g/mol. The summed E-state index contributed by atoms with van der Waals surface area (Å²) in [4.78, 5) is 13.3. The van der Waals surface area contributed by atoms with E-state index in [1.54, 1.807) is 0 Å². The fraction of sp³-hybridized carbons (Fsp3) is 0. The topological polar surface area (TPSA) is 22.0 Å². The van der Waals surface area contributed by atoms with Crippen LogP contribution in [0, 0.1) is 0 Å². The normalized spacial score (nSPS) is 12.5. The third-order valence-corrected chi connectivity index (χ3v) is 5.55. The van der Waals surface area contributed by atoms with Crippen molar-refractivity contribution in [1.82, 2.24) is 4.57 Å². The molecule has 1 heterocycles. The highest BCUT2D eigenvalue weighted by Crippen LogP contribution is 2.41. The van der Waals surface area contributed by atoms with Gasteiger partial charge in [-0.1, -0.05) is 72.8 Å². The van der Waals surface area contributed by atoms with Crippen LogP contribution in [-0.4, -0.2) is 10.4 Å². The summed E-state index contributed by atoms with van der Waals surface area (Å²) in [7, 11) is 0. The number of fused-ring (bicyclic) bond motifs is 6. The summed E-state index contributed by atoms with van der Waals surface area (Å²) in [5.41, 5.74) is 6.83. The molecule has 0 radical (unpaired) electrons. The molecular weight excluding hydrogens is 330 g/mol. The maximum Gasteiger partial charge on any atom is 0.196 e. The van der Waals surface area contributed by atoms with E-state index in [0.717, 1.165) is 39.0 Å². The van der Waals surface area contributed by atoms with Crippen molar-refractivity contribution in [2.45, 2.75) is 0 Å². The van der Waals surface area contributed by atoms with Crippen LogP contribution in [0.5, 0.6) is 0 Å². The smallest absolute Gasteiger partial charge is 0.196 e. The van der Waals surface area contributed by atoms with Crippen molar-refractivity contribution in [2.24, 2.45) is 0 Å². The number of hydrogen-bond acceptors (Lipinski definition) is 1. The first-order chi connectivity index (χ1) is 13.3. The highest BCUT2D eigenvalue weighted by molar-refractivity contribution is 6.24. The van der Waals surface area contributed by atoms with Gasteiger partial charge in [0.2, 0.25) is 0 Å². The van der Waals surface area contributed by atoms with Crippen LogP contribution in [0.4, 0.5) is 0 Å². The number of hydrogen-bond donors (Lipinski definition) is 0. The Morgan fingerprint density at radius 1 is 0.519 bits per heavy atom. The fourth-order valence-corrected chi connectivity index (χ4v) is 4.42. The van der Waals surface area contributed by atoms with Gasteiger partial charge in [0, 0.05) is 16.3 Å². The van der Waals surface area contributed by atoms with E-state index in [2.05, 4.69) is 65.2 Å². The van der Waals surface area contributed by atoms with Gasteiger partial charge in [-0.2, -0.15) is 0 Å². The molecule has 6 rings (SSSR count). The molecular formula is C25H15NO. The zero-order chi connectivity index (χ0) is 18.0. The SMILES string of the molecule is O=C1c2ccccc2-c2cccc(-n3c4ccccc4c4ccccc43)c21. The van der Waals surface area contributed by atoms with E-state index in [1.807, 2.05) is 30.3 Å². The molecule has 0 atom stereocenters. The molecule has 0 N–H and O–H groups in total. The summed E-state index contributed by atoms with van der Waals surface area (Å²) < 4.78 is 2.23. The lowest BCUT2D eigenvalue weighted by Gasteiger charge is -2.12. The third kappa shape index (κ3) is 1.82. The van der Waals surface area contributed by atoms with E-state index in [-0.39, 0.29) is 5.78 Å². The zero-order valence-corrected chi connectivity index (χ0v) is 14.5. The Morgan fingerprint density at radius 2 is 1.07 bits per heavy atom. The van der Waals surface area contributed by atoms with Crippen LogP contribution in [0.3, 0.4) is 0 Å². The lowest BCUT2D eigenvalue weighted by Crippen LogP contribution is -2.04. The molecule has 0 aliphatic heterocycles. The van der Waals surface area contributed by atoms with Crippen molar-refractivity contribution in [3.05, 3.63) is 102 Å². The lowest BCUT2D eigenvalue weighted by atomic mass is 10.0. The molecule has 27 heavy (non-hydrogen) atoms. The van der Waals surface area contributed by atoms with Crippen molar-refractivity contribution in [1.29, 1.82) is 0 Å². The van der Waals surface area contributed by atoms with Crippen molar-refractivity contribution in [3.8, 4) is 16.8 Å². The molecule has 1 aliphatic rings. The quantitative estimate of drug-likeness (QED) is 0.358. The molecule has 126 valence electrons. The molecule has 5 aromatic rings. The second-order valence-electron chi connectivity index (χ2n) is 6.94. The predicted octanol–water partition coefficient (Wildman–Crippen LogP) is 6.00. The van der Waals surface area contributed by atoms with E-state index in [0.29, 0.717) is 0 Å². The van der Waals surface area contributed by atoms with Crippen LogP contribution in [-0.2, 0) is 0 Å². The minimum atomic E-state index is 0.109. The lowest BCUT2D eigenvalue weighted by molar-refractivity contribution is 0.104. The minimum Gasteiger partial charge on any atom is -0.308 e. The zero-order valence-electron chi connectivity index (χ0n) is 14.5. The average molecular weight is 345 g/mol. The molecule has 0 unspecified atom stereocenters. The molecule has 0 saturated heterocycles. The Bertz CT molecular complexity index is 1340. The van der Waals surface area contributed by atoms with E-state index < -0.39 is 0 Å². The second-order valence-corrected chi connectivity index (χ2v) is 6.94. The first kappa shape index (κ1) is 14.5. The maximum atomic E-state index is 13.3. The molecule has 2 nitrogen and oxygen atoms in total. The number of nitrogens with zero attached hydrogens (tertiary/aromatic N) is 1. The van der Waals surface area contributed by atoms with E-state index in [1.165, 1.54) is 10.8 Å². The van der Waals surface area contributed by atoms with E-state index in [4.69, 9.17) is 0 Å². The Hall–Kier alpha value is -3.65. The number of carbonyl (C=O) groups excluding carboxylic acids is 1. The average Bonchev–Trinajstić information content (AvgIpc) is 3.22. The molecule has 0 saturated carbocycles. The van der Waals surface area contributed by atoms with Gasteiger partial charge in [-0.25, -0.2) is 0 Å². The van der Waals surface area contributed by atoms with Gasteiger partial charge >= 0.3 is 0 Å². The number of para-hydroxylation sites is 2. The Labute approximate surface area is 156 Å². The second kappa shape index (κ2) is 5.18. The largest absolute Gasteiger partial charge is 0.308 e. The summed E-state index contributed by atoms with van der Waals surface area (Å²) in [6, 6.07) is 30.8. The Morgan fingerprint density at radius 3 is 1.78 bits per heavy atom. The van der Waals surface area contributed by atoms with Gasteiger partial charge in [-0.3, -0.25) is 4.79 Å². The van der Waals surface area contributed by atoms with E-state index in [9.17, 15) is 4.79 Å². The van der Waals surface area contributed by atoms with Gasteiger partial charge < -0.3 is 4.57 Å². The van der Waals surface area contributed by atoms with Gasteiger partial charge in [-0.05, 0) is 29.3 Å². The van der Waals surface area contributed by atoms with Gasteiger partial charge in [-0.15, -0.1) is 0 Å². The molecule has 1 aliphatic carbocycles. The minimum absolute atomic E-state index is 0.109. The molecule has 0 amide bonds. The van der Waals surface area contributed by atoms with Crippen molar-refractivity contribution in [3.63, 3.8) is 0 Å². The molecule has 1 aromatic heterocycles. The van der Waals surface area contributed by atoms with Gasteiger partial charge in [0.05, 0.1) is 22.3 Å². The van der Waals surface area contributed by atoms with Crippen molar-refractivity contribution < 1.29 is 4.79 Å². The van der Waals surface area contributed by atoms with E-state index >= 15 is 0 Å².